The van der Waals surface area contributed by atoms with Crippen LogP contribution in [0.2, 0.25) is 0 Å². The molecule has 0 fully saturated rings. The van der Waals surface area contributed by atoms with E-state index < -0.39 is 0 Å². The molecule has 0 atom stereocenters. The summed E-state index contributed by atoms with van der Waals surface area (Å²) in [5.41, 5.74) is 1.63. The molecule has 17 heavy (non-hydrogen) atoms. The van der Waals surface area contributed by atoms with Gasteiger partial charge in [-0.25, -0.2) is 4.98 Å². The summed E-state index contributed by atoms with van der Waals surface area (Å²) in [4.78, 5) is 20.2. The van der Waals surface area contributed by atoms with Gasteiger partial charge >= 0.3 is 0 Å². The van der Waals surface area contributed by atoms with Gasteiger partial charge in [-0.05, 0) is 35.0 Å². The van der Waals surface area contributed by atoms with Crippen LogP contribution in [0.4, 0.5) is 0 Å². The van der Waals surface area contributed by atoms with Crippen molar-refractivity contribution in [1.82, 2.24) is 14.5 Å². The monoisotopic (exact) mass is 293 g/mol. The first-order chi connectivity index (χ1) is 8.18. The maximum Gasteiger partial charge on any atom is 0.267 e. The maximum absolute atomic E-state index is 11.9. The van der Waals surface area contributed by atoms with Crippen molar-refractivity contribution < 1.29 is 0 Å². The second-order valence-corrected chi connectivity index (χ2v) is 4.51. The summed E-state index contributed by atoms with van der Waals surface area (Å²) in [7, 11) is 0. The molecular formula is C12H12BrN3O. The highest BCUT2D eigenvalue weighted by Gasteiger charge is 2.05. The van der Waals surface area contributed by atoms with Gasteiger partial charge in [-0.15, -0.1) is 0 Å². The highest BCUT2D eigenvalue weighted by Crippen LogP contribution is 2.06. The number of hydrogen-bond donors (Lipinski definition) is 0. The molecule has 0 amide bonds. The van der Waals surface area contributed by atoms with Gasteiger partial charge in [-0.1, -0.05) is 6.07 Å². The zero-order valence-electron chi connectivity index (χ0n) is 9.43. The second-order valence-electron chi connectivity index (χ2n) is 3.71. The van der Waals surface area contributed by atoms with Gasteiger partial charge in [-0.3, -0.25) is 14.3 Å². The van der Waals surface area contributed by atoms with Crippen LogP contribution in [0.5, 0.6) is 0 Å². The van der Waals surface area contributed by atoms with E-state index in [-0.39, 0.29) is 5.56 Å². The third-order valence-electron chi connectivity index (χ3n) is 2.49. The van der Waals surface area contributed by atoms with E-state index in [1.807, 2.05) is 18.2 Å². The lowest BCUT2D eigenvalue weighted by atomic mass is 10.3. The number of rotatable bonds is 3. The van der Waals surface area contributed by atoms with Crippen molar-refractivity contribution in [1.29, 1.82) is 0 Å². The molecule has 88 valence electrons. The number of aryl methyl sites for hydroxylation is 3. The Kier molecular flexibility index (Phi) is 3.68. The molecule has 0 radical (unpaired) electrons. The molecule has 2 rings (SSSR count). The fourth-order valence-electron chi connectivity index (χ4n) is 1.49. The Morgan fingerprint density at radius 3 is 2.88 bits per heavy atom. The number of aromatic nitrogens is 3. The smallest absolute Gasteiger partial charge is 0.267 e. The quantitative estimate of drug-likeness (QED) is 0.869. The van der Waals surface area contributed by atoms with Crippen molar-refractivity contribution in [2.24, 2.45) is 0 Å². The average molecular weight is 294 g/mol. The van der Waals surface area contributed by atoms with Gasteiger partial charge in [0.15, 0.2) is 0 Å². The molecule has 0 aliphatic carbocycles. The standard InChI is InChI=1S/C12H12BrN3O/c1-9-11(13)12(17)16(8-15-9)7-5-10-4-2-3-6-14-10/h2-4,6,8H,5,7H2,1H3. The molecule has 2 aromatic heterocycles. The molecule has 0 spiro atoms. The number of nitrogens with zero attached hydrogens (tertiary/aromatic N) is 3. The molecule has 0 saturated heterocycles. The minimum atomic E-state index is -0.0477. The fraction of sp³-hybridized carbons (Fsp3) is 0.250. The molecule has 0 saturated carbocycles. The molecule has 4 nitrogen and oxygen atoms in total. The minimum absolute atomic E-state index is 0.0477. The van der Waals surface area contributed by atoms with Crippen molar-refractivity contribution in [2.75, 3.05) is 0 Å². The van der Waals surface area contributed by atoms with E-state index in [9.17, 15) is 4.79 Å². The third-order valence-corrected chi connectivity index (χ3v) is 3.41. The van der Waals surface area contributed by atoms with Crippen LogP contribution in [-0.2, 0) is 13.0 Å². The van der Waals surface area contributed by atoms with E-state index >= 15 is 0 Å². The van der Waals surface area contributed by atoms with Crippen molar-refractivity contribution in [3.63, 3.8) is 0 Å². The fourth-order valence-corrected chi connectivity index (χ4v) is 1.82. The zero-order valence-corrected chi connectivity index (χ0v) is 11.0. The maximum atomic E-state index is 11.9. The predicted octanol–water partition coefficient (Wildman–Crippen LogP) is 1.95. The Morgan fingerprint density at radius 2 is 2.18 bits per heavy atom. The summed E-state index contributed by atoms with van der Waals surface area (Å²) in [5.74, 6) is 0. The van der Waals surface area contributed by atoms with Crippen molar-refractivity contribution in [3.05, 3.63) is 56.9 Å². The minimum Gasteiger partial charge on any atom is -0.298 e. The molecular weight excluding hydrogens is 282 g/mol. The summed E-state index contributed by atoms with van der Waals surface area (Å²) < 4.78 is 2.12. The molecule has 2 heterocycles. The second kappa shape index (κ2) is 5.23. The third kappa shape index (κ3) is 2.79. The number of hydrogen-bond acceptors (Lipinski definition) is 3. The highest BCUT2D eigenvalue weighted by molar-refractivity contribution is 9.10. The van der Waals surface area contributed by atoms with E-state index in [0.717, 1.165) is 12.1 Å². The van der Waals surface area contributed by atoms with Crippen LogP contribution < -0.4 is 5.56 Å². The first-order valence-corrected chi connectivity index (χ1v) is 6.09. The lowest BCUT2D eigenvalue weighted by Crippen LogP contribution is -2.23. The van der Waals surface area contributed by atoms with Gasteiger partial charge < -0.3 is 0 Å². The molecule has 0 aromatic carbocycles. The Balaban J connectivity index is 2.16. The van der Waals surface area contributed by atoms with E-state index in [1.54, 1.807) is 24.0 Å². The molecule has 5 heteroatoms. The molecule has 0 N–H and O–H groups in total. The summed E-state index contributed by atoms with van der Waals surface area (Å²) in [6, 6.07) is 5.76. The predicted molar refractivity (Wildman–Crippen MR) is 68.9 cm³/mol. The summed E-state index contributed by atoms with van der Waals surface area (Å²) in [6.07, 6.45) is 4.05. The van der Waals surface area contributed by atoms with Crippen LogP contribution in [0.25, 0.3) is 0 Å². The van der Waals surface area contributed by atoms with Gasteiger partial charge in [0, 0.05) is 24.9 Å². The van der Waals surface area contributed by atoms with E-state index in [0.29, 0.717) is 16.7 Å². The normalized spacial score (nSPS) is 10.5. The largest absolute Gasteiger partial charge is 0.298 e. The van der Waals surface area contributed by atoms with E-state index in [1.165, 1.54) is 0 Å². The van der Waals surface area contributed by atoms with Crippen LogP contribution in [-0.4, -0.2) is 14.5 Å². The summed E-state index contributed by atoms with van der Waals surface area (Å²) >= 11 is 3.24. The number of halogens is 1. The number of pyridine rings is 1. The van der Waals surface area contributed by atoms with Crippen LogP contribution in [0.1, 0.15) is 11.4 Å². The van der Waals surface area contributed by atoms with Crippen molar-refractivity contribution in [2.45, 2.75) is 19.9 Å². The van der Waals surface area contributed by atoms with Crippen LogP contribution in [0, 0.1) is 6.92 Å². The van der Waals surface area contributed by atoms with Crippen molar-refractivity contribution >= 4 is 15.9 Å². The van der Waals surface area contributed by atoms with Gasteiger partial charge in [0.25, 0.3) is 5.56 Å². The Morgan fingerprint density at radius 1 is 1.35 bits per heavy atom. The Hall–Kier alpha value is -1.49. The van der Waals surface area contributed by atoms with Gasteiger partial charge in [-0.2, -0.15) is 0 Å². The molecule has 0 aliphatic rings. The van der Waals surface area contributed by atoms with Gasteiger partial charge in [0.05, 0.1) is 12.0 Å². The Labute approximate surface area is 107 Å². The van der Waals surface area contributed by atoms with Crippen LogP contribution in [0.3, 0.4) is 0 Å². The molecule has 0 aliphatic heterocycles. The van der Waals surface area contributed by atoms with Gasteiger partial charge in [0.2, 0.25) is 0 Å². The molecule has 0 bridgehead atoms. The summed E-state index contributed by atoms with van der Waals surface area (Å²) in [6.45, 7) is 2.39. The van der Waals surface area contributed by atoms with Crippen LogP contribution >= 0.6 is 15.9 Å². The highest BCUT2D eigenvalue weighted by atomic mass is 79.9. The zero-order chi connectivity index (χ0) is 12.3. The van der Waals surface area contributed by atoms with E-state index in [2.05, 4.69) is 25.9 Å². The molecule has 2 aromatic rings. The lowest BCUT2D eigenvalue weighted by Gasteiger charge is -2.06. The van der Waals surface area contributed by atoms with Gasteiger partial charge in [0.1, 0.15) is 4.47 Å². The van der Waals surface area contributed by atoms with Crippen LogP contribution in [0.15, 0.2) is 40.0 Å². The topological polar surface area (TPSA) is 47.8 Å². The Bertz CT molecular complexity index is 566. The first-order valence-electron chi connectivity index (χ1n) is 5.30. The SMILES string of the molecule is Cc1ncn(CCc2ccccn2)c(=O)c1Br. The van der Waals surface area contributed by atoms with E-state index in [4.69, 9.17) is 0 Å². The first kappa shape index (κ1) is 12.0. The molecule has 0 unspecified atom stereocenters. The van der Waals surface area contributed by atoms with Crippen molar-refractivity contribution in [3.8, 4) is 0 Å². The average Bonchev–Trinajstić information content (AvgIpc) is 2.36. The lowest BCUT2D eigenvalue weighted by molar-refractivity contribution is 0.640. The summed E-state index contributed by atoms with van der Waals surface area (Å²) in [5, 5.41) is 0.